The van der Waals surface area contributed by atoms with Crippen LogP contribution < -0.4 is 10.1 Å². The zero-order valence-corrected chi connectivity index (χ0v) is 12.6. The van der Waals surface area contributed by atoms with Gasteiger partial charge in [0, 0.05) is 6.20 Å². The largest absolute Gasteiger partial charge is 0.495 e. The van der Waals surface area contributed by atoms with Crippen molar-refractivity contribution in [1.29, 1.82) is 0 Å². The van der Waals surface area contributed by atoms with Gasteiger partial charge in [-0.25, -0.2) is 0 Å². The standard InChI is InChI=1S/C17H23N3O/c1-21-17-10-6-5-9-16(17)18-13-14-11-12-20(19-14)15-7-3-2-4-8-15/h5-6,9-12,15,18H,2-4,7-8,13H2,1H3. The summed E-state index contributed by atoms with van der Waals surface area (Å²) < 4.78 is 7.50. The molecule has 1 heterocycles. The molecule has 0 radical (unpaired) electrons. The topological polar surface area (TPSA) is 39.1 Å². The summed E-state index contributed by atoms with van der Waals surface area (Å²) in [5, 5.41) is 8.11. The molecule has 0 bridgehead atoms. The summed E-state index contributed by atoms with van der Waals surface area (Å²) in [5.74, 6) is 0.865. The first-order valence-corrected chi connectivity index (χ1v) is 7.78. The summed E-state index contributed by atoms with van der Waals surface area (Å²) in [6, 6.07) is 10.7. The minimum Gasteiger partial charge on any atom is -0.495 e. The lowest BCUT2D eigenvalue weighted by atomic mass is 9.96. The van der Waals surface area contributed by atoms with Gasteiger partial charge in [-0.05, 0) is 31.0 Å². The fourth-order valence-corrected chi connectivity index (χ4v) is 3.00. The zero-order chi connectivity index (χ0) is 14.5. The Balaban J connectivity index is 1.62. The van der Waals surface area contributed by atoms with E-state index in [9.17, 15) is 0 Å². The quantitative estimate of drug-likeness (QED) is 0.902. The molecule has 0 atom stereocenters. The molecule has 1 saturated carbocycles. The van der Waals surface area contributed by atoms with E-state index in [1.807, 2.05) is 24.3 Å². The molecule has 2 aromatic rings. The zero-order valence-electron chi connectivity index (χ0n) is 12.6. The number of hydrogen-bond acceptors (Lipinski definition) is 3. The lowest BCUT2D eigenvalue weighted by Crippen LogP contribution is -2.13. The van der Waals surface area contributed by atoms with Gasteiger partial charge in [0.1, 0.15) is 5.75 Å². The van der Waals surface area contributed by atoms with E-state index >= 15 is 0 Å². The highest BCUT2D eigenvalue weighted by molar-refractivity contribution is 5.56. The van der Waals surface area contributed by atoms with Crippen LogP contribution in [-0.2, 0) is 6.54 Å². The van der Waals surface area contributed by atoms with Gasteiger partial charge in [-0.15, -0.1) is 0 Å². The number of hydrogen-bond donors (Lipinski definition) is 1. The number of ether oxygens (including phenoxy) is 1. The Morgan fingerprint density at radius 2 is 2.00 bits per heavy atom. The van der Waals surface area contributed by atoms with E-state index in [0.717, 1.165) is 23.7 Å². The third-order valence-electron chi connectivity index (χ3n) is 4.18. The summed E-state index contributed by atoms with van der Waals surface area (Å²) in [6.07, 6.45) is 8.69. The molecule has 21 heavy (non-hydrogen) atoms. The molecule has 1 aliphatic rings. The van der Waals surface area contributed by atoms with Gasteiger partial charge >= 0.3 is 0 Å². The van der Waals surface area contributed by atoms with E-state index < -0.39 is 0 Å². The fraction of sp³-hybridized carbons (Fsp3) is 0.471. The van der Waals surface area contributed by atoms with Crippen molar-refractivity contribution >= 4 is 5.69 Å². The summed E-state index contributed by atoms with van der Waals surface area (Å²) >= 11 is 0. The predicted molar refractivity (Wildman–Crippen MR) is 84.7 cm³/mol. The van der Waals surface area contributed by atoms with Gasteiger partial charge in [0.25, 0.3) is 0 Å². The second-order valence-electron chi connectivity index (χ2n) is 5.63. The molecule has 0 amide bonds. The van der Waals surface area contributed by atoms with Crippen molar-refractivity contribution < 1.29 is 4.74 Å². The molecule has 3 rings (SSSR count). The first-order valence-electron chi connectivity index (χ1n) is 7.78. The fourth-order valence-electron chi connectivity index (χ4n) is 3.00. The third kappa shape index (κ3) is 3.38. The number of anilines is 1. The van der Waals surface area contributed by atoms with Gasteiger partial charge < -0.3 is 10.1 Å². The highest BCUT2D eigenvalue weighted by atomic mass is 16.5. The van der Waals surface area contributed by atoms with Gasteiger partial charge in [-0.1, -0.05) is 31.4 Å². The van der Waals surface area contributed by atoms with Crippen LogP contribution in [0.4, 0.5) is 5.69 Å². The van der Waals surface area contributed by atoms with E-state index in [2.05, 4.69) is 22.3 Å². The molecule has 1 N–H and O–H groups in total. The Labute approximate surface area is 126 Å². The van der Waals surface area contributed by atoms with E-state index in [1.54, 1.807) is 7.11 Å². The van der Waals surface area contributed by atoms with Gasteiger partial charge in [0.05, 0.1) is 31.1 Å². The normalized spacial score (nSPS) is 15.9. The second kappa shape index (κ2) is 6.66. The maximum Gasteiger partial charge on any atom is 0.141 e. The molecule has 0 unspecified atom stereocenters. The van der Waals surface area contributed by atoms with Crippen molar-refractivity contribution in [2.45, 2.75) is 44.7 Å². The van der Waals surface area contributed by atoms with Crippen LogP contribution in [0.1, 0.15) is 43.8 Å². The van der Waals surface area contributed by atoms with Crippen LogP contribution in [0.5, 0.6) is 5.75 Å². The van der Waals surface area contributed by atoms with Crippen LogP contribution >= 0.6 is 0 Å². The summed E-state index contributed by atoms with van der Waals surface area (Å²) in [7, 11) is 1.69. The lowest BCUT2D eigenvalue weighted by Gasteiger charge is -2.21. The van der Waals surface area contributed by atoms with Crippen molar-refractivity contribution in [1.82, 2.24) is 9.78 Å². The highest BCUT2D eigenvalue weighted by Crippen LogP contribution is 2.28. The molecule has 4 heteroatoms. The van der Waals surface area contributed by atoms with Gasteiger partial charge in [0.2, 0.25) is 0 Å². The minimum atomic E-state index is 0.596. The van der Waals surface area contributed by atoms with Gasteiger partial charge in [0.15, 0.2) is 0 Å². The molecule has 0 aliphatic heterocycles. The Morgan fingerprint density at radius 1 is 1.19 bits per heavy atom. The lowest BCUT2D eigenvalue weighted by molar-refractivity contribution is 0.328. The molecular weight excluding hydrogens is 262 g/mol. The number of rotatable bonds is 5. The van der Waals surface area contributed by atoms with Gasteiger partial charge in [-0.3, -0.25) is 4.68 Å². The molecular formula is C17H23N3O. The summed E-state index contributed by atoms with van der Waals surface area (Å²) in [6.45, 7) is 0.722. The van der Waals surface area contributed by atoms with Crippen LogP contribution in [0.2, 0.25) is 0 Å². The third-order valence-corrected chi connectivity index (χ3v) is 4.18. The average Bonchev–Trinajstić information content (AvgIpc) is 3.03. The first-order chi connectivity index (χ1) is 10.4. The molecule has 4 nitrogen and oxygen atoms in total. The molecule has 1 fully saturated rings. The Bertz CT molecular complexity index is 573. The number of methoxy groups -OCH3 is 1. The summed E-state index contributed by atoms with van der Waals surface area (Å²) in [4.78, 5) is 0. The summed E-state index contributed by atoms with van der Waals surface area (Å²) in [5.41, 5.74) is 2.08. The second-order valence-corrected chi connectivity index (χ2v) is 5.63. The molecule has 1 aromatic heterocycles. The van der Waals surface area contributed by atoms with E-state index in [-0.39, 0.29) is 0 Å². The predicted octanol–water partition coefficient (Wildman–Crippen LogP) is 4.01. The van der Waals surface area contributed by atoms with E-state index in [0.29, 0.717) is 6.04 Å². The Hall–Kier alpha value is -1.97. The van der Waals surface area contributed by atoms with E-state index in [4.69, 9.17) is 9.84 Å². The number of nitrogens with zero attached hydrogens (tertiary/aromatic N) is 2. The number of para-hydroxylation sites is 2. The van der Waals surface area contributed by atoms with Crippen LogP contribution in [-0.4, -0.2) is 16.9 Å². The molecule has 1 aliphatic carbocycles. The van der Waals surface area contributed by atoms with Gasteiger partial charge in [-0.2, -0.15) is 5.10 Å². The first kappa shape index (κ1) is 14.0. The van der Waals surface area contributed by atoms with Crippen LogP contribution in [0.3, 0.4) is 0 Å². The smallest absolute Gasteiger partial charge is 0.141 e. The molecule has 0 saturated heterocycles. The maximum atomic E-state index is 5.35. The van der Waals surface area contributed by atoms with Crippen molar-refractivity contribution in [2.75, 3.05) is 12.4 Å². The minimum absolute atomic E-state index is 0.596. The average molecular weight is 285 g/mol. The monoisotopic (exact) mass is 285 g/mol. The number of nitrogens with one attached hydrogen (secondary N) is 1. The molecule has 0 spiro atoms. The SMILES string of the molecule is COc1ccccc1NCc1ccn(C2CCCCC2)n1. The van der Waals surface area contributed by atoms with Crippen molar-refractivity contribution in [3.63, 3.8) is 0 Å². The number of benzene rings is 1. The highest BCUT2D eigenvalue weighted by Gasteiger charge is 2.15. The van der Waals surface area contributed by atoms with Crippen LogP contribution in [0.15, 0.2) is 36.5 Å². The van der Waals surface area contributed by atoms with Crippen molar-refractivity contribution in [3.8, 4) is 5.75 Å². The van der Waals surface area contributed by atoms with E-state index in [1.165, 1.54) is 32.1 Å². The number of aromatic nitrogens is 2. The maximum absolute atomic E-state index is 5.35. The van der Waals surface area contributed by atoms with Crippen molar-refractivity contribution in [2.24, 2.45) is 0 Å². The van der Waals surface area contributed by atoms with Crippen LogP contribution in [0, 0.1) is 0 Å². The molecule has 1 aromatic carbocycles. The molecule has 112 valence electrons. The van der Waals surface area contributed by atoms with Crippen molar-refractivity contribution in [3.05, 3.63) is 42.2 Å². The Morgan fingerprint density at radius 3 is 2.81 bits per heavy atom. The van der Waals surface area contributed by atoms with Crippen LogP contribution in [0.25, 0.3) is 0 Å². The Kier molecular flexibility index (Phi) is 4.43.